The predicted octanol–water partition coefficient (Wildman–Crippen LogP) is 6.42. The lowest BCUT2D eigenvalue weighted by molar-refractivity contribution is -0.137. The fraction of sp³-hybridized carbons (Fsp3) is 0.185. The van der Waals surface area contributed by atoms with Crippen molar-refractivity contribution in [1.82, 2.24) is 14.3 Å². The van der Waals surface area contributed by atoms with Gasteiger partial charge in [0.15, 0.2) is 5.65 Å². The number of halogens is 3. The molecule has 0 saturated carbocycles. The zero-order valence-electron chi connectivity index (χ0n) is 19.4. The molecule has 0 aliphatic rings. The van der Waals surface area contributed by atoms with Gasteiger partial charge in [-0.25, -0.2) is 0 Å². The fourth-order valence-electron chi connectivity index (χ4n) is 4.44. The van der Waals surface area contributed by atoms with Crippen molar-refractivity contribution in [2.75, 3.05) is 0 Å². The standard InChI is InChI=1S/C27H22F3N3O2S/c1-15(34)24(17-6-4-3-5-7-17)31-26(35)18-8-13-22-21(14-18)23-16(2)36-32-25(23)33(22)20-11-9-19(10-12-20)27(28,29)30/h3-15,24,34H,1-2H3,(H,31,35)/t15-,24-/m0/s1. The molecule has 2 aromatic heterocycles. The molecule has 0 spiro atoms. The Morgan fingerprint density at radius 3 is 2.39 bits per heavy atom. The molecular weight excluding hydrogens is 487 g/mol. The second-order valence-electron chi connectivity index (χ2n) is 8.65. The van der Waals surface area contributed by atoms with Gasteiger partial charge in [0.1, 0.15) is 0 Å². The highest BCUT2D eigenvalue weighted by molar-refractivity contribution is 7.07. The lowest BCUT2D eigenvalue weighted by Gasteiger charge is -2.22. The zero-order valence-corrected chi connectivity index (χ0v) is 20.2. The van der Waals surface area contributed by atoms with Crippen LogP contribution in [0.15, 0.2) is 72.8 Å². The van der Waals surface area contributed by atoms with E-state index in [2.05, 4.69) is 9.69 Å². The van der Waals surface area contributed by atoms with Crippen molar-refractivity contribution in [2.45, 2.75) is 32.2 Å². The third-order valence-electron chi connectivity index (χ3n) is 6.21. The maximum Gasteiger partial charge on any atom is 0.416 e. The summed E-state index contributed by atoms with van der Waals surface area (Å²) < 4.78 is 45.5. The number of hydrogen-bond donors (Lipinski definition) is 2. The van der Waals surface area contributed by atoms with Gasteiger partial charge in [0.25, 0.3) is 5.91 Å². The van der Waals surface area contributed by atoms with E-state index in [1.807, 2.05) is 37.3 Å². The van der Waals surface area contributed by atoms with Crippen LogP contribution < -0.4 is 5.32 Å². The smallest absolute Gasteiger partial charge is 0.391 e. The van der Waals surface area contributed by atoms with Crippen LogP contribution in [-0.4, -0.2) is 26.1 Å². The number of nitrogens with zero attached hydrogens (tertiary/aromatic N) is 2. The third kappa shape index (κ3) is 4.25. The number of aliphatic hydroxyl groups is 1. The molecule has 0 fully saturated rings. The molecule has 9 heteroatoms. The van der Waals surface area contributed by atoms with Gasteiger partial charge < -0.3 is 10.4 Å². The van der Waals surface area contributed by atoms with Crippen LogP contribution in [0.4, 0.5) is 13.2 Å². The minimum absolute atomic E-state index is 0.345. The van der Waals surface area contributed by atoms with Gasteiger partial charge in [0.2, 0.25) is 0 Å². The Hall–Kier alpha value is -3.69. The summed E-state index contributed by atoms with van der Waals surface area (Å²) in [6, 6.07) is 18.8. The average molecular weight is 510 g/mol. The Kier molecular flexibility index (Phi) is 6.05. The van der Waals surface area contributed by atoms with Gasteiger partial charge in [-0.3, -0.25) is 9.36 Å². The summed E-state index contributed by atoms with van der Waals surface area (Å²) in [4.78, 5) is 14.1. The molecule has 0 unspecified atom stereocenters. The van der Waals surface area contributed by atoms with E-state index in [-0.39, 0.29) is 5.91 Å². The van der Waals surface area contributed by atoms with Crippen molar-refractivity contribution in [3.63, 3.8) is 0 Å². The van der Waals surface area contributed by atoms with Crippen LogP contribution in [0.2, 0.25) is 0 Å². The summed E-state index contributed by atoms with van der Waals surface area (Å²) >= 11 is 1.30. The van der Waals surface area contributed by atoms with Crippen LogP contribution in [0.25, 0.3) is 27.6 Å². The number of nitrogens with one attached hydrogen (secondary N) is 1. The van der Waals surface area contributed by atoms with E-state index >= 15 is 0 Å². The predicted molar refractivity (Wildman–Crippen MR) is 135 cm³/mol. The molecule has 0 aliphatic heterocycles. The number of alkyl halides is 3. The lowest BCUT2D eigenvalue weighted by Crippen LogP contribution is -2.35. The van der Waals surface area contributed by atoms with Crippen LogP contribution >= 0.6 is 11.5 Å². The van der Waals surface area contributed by atoms with Crippen LogP contribution in [0, 0.1) is 6.92 Å². The van der Waals surface area contributed by atoms with E-state index in [4.69, 9.17) is 0 Å². The number of amides is 1. The van der Waals surface area contributed by atoms with Crippen molar-refractivity contribution >= 4 is 39.4 Å². The summed E-state index contributed by atoms with van der Waals surface area (Å²) in [5.74, 6) is -0.345. The molecule has 2 N–H and O–H groups in total. The molecule has 0 bridgehead atoms. The van der Waals surface area contributed by atoms with Gasteiger partial charge in [0, 0.05) is 26.9 Å². The first-order valence-corrected chi connectivity index (χ1v) is 12.0. The first kappa shape index (κ1) is 24.0. The summed E-state index contributed by atoms with van der Waals surface area (Å²) in [5.41, 5.74) is 2.37. The quantitative estimate of drug-likeness (QED) is 0.287. The molecule has 5 rings (SSSR count). The molecule has 5 nitrogen and oxygen atoms in total. The van der Waals surface area contributed by atoms with Crippen molar-refractivity contribution in [3.05, 3.63) is 94.4 Å². The van der Waals surface area contributed by atoms with Crippen molar-refractivity contribution in [3.8, 4) is 5.69 Å². The number of aromatic nitrogens is 2. The first-order valence-electron chi connectivity index (χ1n) is 11.3. The van der Waals surface area contributed by atoms with E-state index in [0.29, 0.717) is 16.9 Å². The Bertz CT molecular complexity index is 1560. The second-order valence-corrected chi connectivity index (χ2v) is 9.63. The number of carbonyl (C=O) groups excluding carboxylic acids is 1. The fourth-order valence-corrected chi connectivity index (χ4v) is 5.13. The van der Waals surface area contributed by atoms with Gasteiger partial charge >= 0.3 is 6.18 Å². The van der Waals surface area contributed by atoms with Gasteiger partial charge in [-0.1, -0.05) is 30.3 Å². The van der Waals surface area contributed by atoms with E-state index < -0.39 is 23.9 Å². The highest BCUT2D eigenvalue weighted by Gasteiger charge is 2.30. The zero-order chi connectivity index (χ0) is 25.6. The number of aliphatic hydroxyl groups excluding tert-OH is 1. The maximum atomic E-state index is 13.2. The average Bonchev–Trinajstić information content (AvgIpc) is 3.39. The van der Waals surface area contributed by atoms with Crippen molar-refractivity contribution in [2.24, 2.45) is 0 Å². The van der Waals surface area contributed by atoms with Crippen LogP contribution in [0.1, 0.15) is 39.3 Å². The summed E-state index contributed by atoms with van der Waals surface area (Å²) in [7, 11) is 0. The van der Waals surface area contributed by atoms with Crippen molar-refractivity contribution < 1.29 is 23.1 Å². The van der Waals surface area contributed by atoms with Crippen molar-refractivity contribution in [1.29, 1.82) is 0 Å². The SMILES string of the molecule is Cc1snc2c1c1cc(C(=O)N[C@H](c3ccccc3)[C@H](C)O)ccc1n2-c1ccc(C(F)(F)F)cc1. The van der Waals surface area contributed by atoms with Gasteiger partial charge in [-0.2, -0.15) is 17.5 Å². The molecule has 3 aromatic carbocycles. The van der Waals surface area contributed by atoms with Gasteiger partial charge in [0.05, 0.1) is 23.2 Å². The van der Waals surface area contributed by atoms with Gasteiger partial charge in [-0.15, -0.1) is 0 Å². The van der Waals surface area contributed by atoms with E-state index in [0.717, 1.165) is 38.9 Å². The molecule has 1 amide bonds. The molecular formula is C27H22F3N3O2S. The molecule has 5 aromatic rings. The summed E-state index contributed by atoms with van der Waals surface area (Å²) in [6.07, 6.45) is -5.23. The Morgan fingerprint density at radius 2 is 1.75 bits per heavy atom. The Morgan fingerprint density at radius 1 is 1.06 bits per heavy atom. The molecule has 0 aliphatic carbocycles. The van der Waals surface area contributed by atoms with Crippen LogP contribution in [0.5, 0.6) is 0 Å². The van der Waals surface area contributed by atoms with Gasteiger partial charge in [-0.05, 0) is 73.4 Å². The van der Waals surface area contributed by atoms with E-state index in [1.54, 1.807) is 29.7 Å². The normalized spacial score (nSPS) is 13.7. The maximum absolute atomic E-state index is 13.2. The largest absolute Gasteiger partial charge is 0.416 e. The topological polar surface area (TPSA) is 67.2 Å². The summed E-state index contributed by atoms with van der Waals surface area (Å²) in [6.45, 7) is 3.54. The number of fused-ring (bicyclic) bond motifs is 3. The third-order valence-corrected chi connectivity index (χ3v) is 6.95. The second kappa shape index (κ2) is 9.07. The minimum Gasteiger partial charge on any atom is -0.391 e. The molecule has 36 heavy (non-hydrogen) atoms. The molecule has 2 heterocycles. The molecule has 0 radical (unpaired) electrons. The lowest BCUT2D eigenvalue weighted by atomic mass is 10.0. The number of rotatable bonds is 5. The number of carbonyl (C=O) groups is 1. The molecule has 184 valence electrons. The Labute approximate surface area is 209 Å². The highest BCUT2D eigenvalue weighted by atomic mass is 32.1. The number of hydrogen-bond acceptors (Lipinski definition) is 4. The minimum atomic E-state index is -4.42. The first-order chi connectivity index (χ1) is 17.1. The highest BCUT2D eigenvalue weighted by Crippen LogP contribution is 2.37. The Balaban J connectivity index is 1.57. The number of benzene rings is 3. The summed E-state index contributed by atoms with van der Waals surface area (Å²) in [5, 5.41) is 14.8. The monoisotopic (exact) mass is 509 g/mol. The van der Waals surface area contributed by atoms with Crippen LogP contribution in [-0.2, 0) is 6.18 Å². The molecule has 2 atom stereocenters. The van der Waals surface area contributed by atoms with E-state index in [9.17, 15) is 23.1 Å². The van der Waals surface area contributed by atoms with E-state index in [1.165, 1.54) is 23.7 Å². The molecule has 0 saturated heterocycles. The number of aryl methyl sites for hydroxylation is 1. The van der Waals surface area contributed by atoms with Crippen LogP contribution in [0.3, 0.4) is 0 Å².